The maximum absolute atomic E-state index is 11.1. The van der Waals surface area contributed by atoms with Crippen LogP contribution in [-0.2, 0) is 4.79 Å². The topological polar surface area (TPSA) is 49.8 Å². The number of aliphatic carboxylic acids is 1. The van der Waals surface area contributed by atoms with E-state index in [-0.39, 0.29) is 0 Å². The van der Waals surface area contributed by atoms with Crippen LogP contribution < -0.4 is 9.64 Å². The quantitative estimate of drug-likeness (QED) is 0.752. The Bertz CT molecular complexity index is 420. The third-order valence-corrected chi connectivity index (χ3v) is 3.08. The third-order valence-electron chi connectivity index (χ3n) is 3.08. The Morgan fingerprint density at radius 3 is 2.60 bits per heavy atom. The van der Waals surface area contributed by atoms with Crippen molar-refractivity contribution in [1.29, 1.82) is 0 Å². The predicted molar refractivity (Wildman–Crippen MR) is 81.5 cm³/mol. The molecule has 0 heterocycles. The minimum Gasteiger partial charge on any atom is -0.491 e. The van der Waals surface area contributed by atoms with Gasteiger partial charge in [-0.15, -0.1) is 0 Å². The first-order valence-corrected chi connectivity index (χ1v) is 7.29. The number of carboxylic acid groups (broad SMARTS) is 1. The number of nitrogens with zero attached hydrogens (tertiary/aromatic N) is 1. The highest BCUT2D eigenvalue weighted by atomic mass is 16.5. The molecule has 1 unspecified atom stereocenters. The van der Waals surface area contributed by atoms with Gasteiger partial charge in [-0.1, -0.05) is 32.9 Å². The maximum Gasteiger partial charge on any atom is 0.308 e. The van der Waals surface area contributed by atoms with Gasteiger partial charge in [0.2, 0.25) is 0 Å². The molecule has 1 N–H and O–H groups in total. The summed E-state index contributed by atoms with van der Waals surface area (Å²) in [6.45, 7) is 7.89. The lowest BCUT2D eigenvalue weighted by molar-refractivity contribution is -0.140. The highest BCUT2D eigenvalue weighted by Gasteiger charge is 2.18. The van der Waals surface area contributed by atoms with Crippen molar-refractivity contribution >= 4 is 11.7 Å². The molecule has 20 heavy (non-hydrogen) atoms. The van der Waals surface area contributed by atoms with Crippen LogP contribution in [0.3, 0.4) is 0 Å². The minimum atomic E-state index is -0.766. The lowest BCUT2D eigenvalue weighted by Crippen LogP contribution is -2.32. The summed E-state index contributed by atoms with van der Waals surface area (Å²) in [5.74, 6) is -0.334. The lowest BCUT2D eigenvalue weighted by Gasteiger charge is -2.28. The van der Waals surface area contributed by atoms with Gasteiger partial charge in [0.15, 0.2) is 0 Å². The molecule has 4 nitrogen and oxygen atoms in total. The fourth-order valence-corrected chi connectivity index (χ4v) is 2.04. The van der Waals surface area contributed by atoms with Crippen molar-refractivity contribution in [2.24, 2.45) is 5.92 Å². The monoisotopic (exact) mass is 279 g/mol. The second kappa shape index (κ2) is 8.46. The van der Waals surface area contributed by atoms with E-state index in [9.17, 15) is 4.79 Å². The smallest absolute Gasteiger partial charge is 0.308 e. The molecule has 0 spiro atoms. The molecular weight excluding hydrogens is 254 g/mol. The molecule has 4 heteroatoms. The van der Waals surface area contributed by atoms with Crippen molar-refractivity contribution in [2.45, 2.75) is 33.6 Å². The van der Waals surface area contributed by atoms with Crippen molar-refractivity contribution in [3.63, 3.8) is 0 Å². The van der Waals surface area contributed by atoms with Gasteiger partial charge >= 0.3 is 5.97 Å². The van der Waals surface area contributed by atoms with Crippen LogP contribution in [-0.4, -0.2) is 30.8 Å². The molecule has 0 fully saturated rings. The predicted octanol–water partition coefficient (Wildman–Crippen LogP) is 3.41. The molecule has 1 aromatic rings. The second-order valence-corrected chi connectivity index (χ2v) is 5.00. The van der Waals surface area contributed by atoms with E-state index in [1.54, 1.807) is 6.92 Å². The molecule has 0 saturated carbocycles. The van der Waals surface area contributed by atoms with Gasteiger partial charge in [0, 0.05) is 13.1 Å². The fourth-order valence-electron chi connectivity index (χ4n) is 2.04. The number of hydrogen-bond acceptors (Lipinski definition) is 3. The Balaban J connectivity index is 2.92. The van der Waals surface area contributed by atoms with Crippen LogP contribution in [0.2, 0.25) is 0 Å². The first kappa shape index (κ1) is 16.3. The van der Waals surface area contributed by atoms with E-state index in [2.05, 4.69) is 18.7 Å². The normalized spacial score (nSPS) is 11.9. The van der Waals surface area contributed by atoms with Gasteiger partial charge in [-0.25, -0.2) is 0 Å². The summed E-state index contributed by atoms with van der Waals surface area (Å²) in [6, 6.07) is 7.84. The summed E-state index contributed by atoms with van der Waals surface area (Å²) in [5.41, 5.74) is 0.982. The summed E-state index contributed by atoms with van der Waals surface area (Å²) in [7, 11) is 0. The molecule has 0 aliphatic rings. The molecule has 0 aliphatic heterocycles. The number of anilines is 1. The van der Waals surface area contributed by atoms with Crippen LogP contribution in [0.4, 0.5) is 5.69 Å². The van der Waals surface area contributed by atoms with E-state index < -0.39 is 11.9 Å². The SMILES string of the molecule is CCCOc1ccccc1N(CCC)CC(C)C(=O)O. The zero-order chi connectivity index (χ0) is 15.0. The maximum atomic E-state index is 11.1. The summed E-state index contributed by atoms with van der Waals surface area (Å²) < 4.78 is 5.77. The Hall–Kier alpha value is -1.71. The Morgan fingerprint density at radius 1 is 1.30 bits per heavy atom. The van der Waals surface area contributed by atoms with Crippen LogP contribution in [0.1, 0.15) is 33.6 Å². The van der Waals surface area contributed by atoms with Crippen LogP contribution in [0, 0.1) is 5.92 Å². The average molecular weight is 279 g/mol. The zero-order valence-electron chi connectivity index (χ0n) is 12.6. The van der Waals surface area contributed by atoms with Crippen molar-refractivity contribution < 1.29 is 14.6 Å². The minimum absolute atomic E-state index is 0.402. The Morgan fingerprint density at radius 2 is 2.00 bits per heavy atom. The third kappa shape index (κ3) is 4.76. The number of hydrogen-bond donors (Lipinski definition) is 1. The van der Waals surface area contributed by atoms with Gasteiger partial charge < -0.3 is 14.7 Å². The van der Waals surface area contributed by atoms with Crippen molar-refractivity contribution in [2.75, 3.05) is 24.6 Å². The molecular formula is C16H25NO3. The van der Waals surface area contributed by atoms with Crippen LogP contribution >= 0.6 is 0 Å². The molecule has 1 aromatic carbocycles. The van der Waals surface area contributed by atoms with E-state index in [0.717, 1.165) is 30.8 Å². The summed E-state index contributed by atoms with van der Waals surface area (Å²) in [4.78, 5) is 13.2. The highest BCUT2D eigenvalue weighted by molar-refractivity contribution is 5.71. The average Bonchev–Trinajstić information content (AvgIpc) is 2.44. The van der Waals surface area contributed by atoms with E-state index in [4.69, 9.17) is 9.84 Å². The first-order valence-electron chi connectivity index (χ1n) is 7.29. The van der Waals surface area contributed by atoms with Crippen LogP contribution in [0.25, 0.3) is 0 Å². The van der Waals surface area contributed by atoms with Crippen molar-refractivity contribution in [3.8, 4) is 5.75 Å². The number of ether oxygens (including phenoxy) is 1. The van der Waals surface area contributed by atoms with Crippen LogP contribution in [0.5, 0.6) is 5.75 Å². The number of benzene rings is 1. The van der Waals surface area contributed by atoms with Gasteiger partial charge in [0.1, 0.15) is 5.75 Å². The zero-order valence-corrected chi connectivity index (χ0v) is 12.6. The van der Waals surface area contributed by atoms with E-state index in [0.29, 0.717) is 13.2 Å². The number of carbonyl (C=O) groups is 1. The molecule has 1 rings (SSSR count). The van der Waals surface area contributed by atoms with E-state index in [1.807, 2.05) is 24.3 Å². The molecule has 112 valence electrons. The van der Waals surface area contributed by atoms with Crippen molar-refractivity contribution in [1.82, 2.24) is 0 Å². The summed E-state index contributed by atoms with van der Waals surface area (Å²) >= 11 is 0. The molecule has 0 aliphatic carbocycles. The Labute approximate surface area is 121 Å². The lowest BCUT2D eigenvalue weighted by atomic mass is 10.1. The molecule has 0 radical (unpaired) electrons. The van der Waals surface area contributed by atoms with Gasteiger partial charge in [-0.3, -0.25) is 4.79 Å². The van der Waals surface area contributed by atoms with Gasteiger partial charge in [0.25, 0.3) is 0 Å². The largest absolute Gasteiger partial charge is 0.491 e. The highest BCUT2D eigenvalue weighted by Crippen LogP contribution is 2.29. The van der Waals surface area contributed by atoms with Gasteiger partial charge in [-0.05, 0) is 25.0 Å². The van der Waals surface area contributed by atoms with E-state index in [1.165, 1.54) is 0 Å². The first-order chi connectivity index (χ1) is 9.60. The standard InChI is InChI=1S/C16H25NO3/c1-4-10-17(12-13(3)16(18)19)14-8-6-7-9-15(14)20-11-5-2/h6-9,13H,4-5,10-12H2,1-3H3,(H,18,19). The molecule has 1 atom stereocenters. The van der Waals surface area contributed by atoms with Gasteiger partial charge in [-0.2, -0.15) is 0 Å². The van der Waals surface area contributed by atoms with Gasteiger partial charge in [0.05, 0.1) is 18.2 Å². The van der Waals surface area contributed by atoms with E-state index >= 15 is 0 Å². The second-order valence-electron chi connectivity index (χ2n) is 5.00. The number of carboxylic acids is 1. The Kier molecular flexibility index (Phi) is 6.91. The fraction of sp³-hybridized carbons (Fsp3) is 0.562. The van der Waals surface area contributed by atoms with Crippen molar-refractivity contribution in [3.05, 3.63) is 24.3 Å². The molecule has 0 bridgehead atoms. The summed E-state index contributed by atoms with van der Waals surface area (Å²) in [5, 5.41) is 9.10. The molecule has 0 amide bonds. The van der Waals surface area contributed by atoms with Crippen LogP contribution in [0.15, 0.2) is 24.3 Å². The number of rotatable bonds is 9. The summed E-state index contributed by atoms with van der Waals surface area (Å²) in [6.07, 6.45) is 1.92. The molecule has 0 saturated heterocycles. The molecule has 0 aromatic heterocycles. The number of para-hydroxylation sites is 2.